The zero-order valence-corrected chi connectivity index (χ0v) is 11.8. The van der Waals surface area contributed by atoms with Gasteiger partial charge < -0.3 is 4.74 Å². The number of halogens is 5. The summed E-state index contributed by atoms with van der Waals surface area (Å²) in [5.41, 5.74) is -1.05. The van der Waals surface area contributed by atoms with Gasteiger partial charge in [-0.3, -0.25) is 0 Å². The Bertz CT molecular complexity index is 891. The Labute approximate surface area is 127 Å². The van der Waals surface area contributed by atoms with Crippen molar-refractivity contribution in [1.82, 2.24) is 0 Å². The number of hydrogen-bond donors (Lipinski definition) is 0. The van der Waals surface area contributed by atoms with E-state index in [-0.39, 0.29) is 5.56 Å². The fourth-order valence-corrected chi connectivity index (χ4v) is 2.36. The Morgan fingerprint density at radius 1 is 0.652 bits per heavy atom. The van der Waals surface area contributed by atoms with Crippen LogP contribution in [0.5, 0.6) is 5.75 Å². The molecule has 3 rings (SSSR count). The molecule has 0 bridgehead atoms. The average molecular weight is 324 g/mol. The molecule has 0 radical (unpaired) electrons. The predicted octanol–water partition coefficient (Wildman–Crippen LogP) is 5.21. The minimum absolute atomic E-state index is 0.101. The van der Waals surface area contributed by atoms with Gasteiger partial charge in [-0.05, 0) is 34.5 Å². The lowest BCUT2D eigenvalue weighted by Gasteiger charge is -2.10. The molecule has 0 saturated heterocycles. The van der Waals surface area contributed by atoms with Crippen LogP contribution < -0.4 is 4.74 Å². The van der Waals surface area contributed by atoms with Crippen LogP contribution in [0.1, 0.15) is 0 Å². The smallest absolute Gasteiger partial charge is 0.200 e. The maximum absolute atomic E-state index is 13.9. The molecule has 0 amide bonds. The van der Waals surface area contributed by atoms with E-state index in [0.717, 1.165) is 0 Å². The summed E-state index contributed by atoms with van der Waals surface area (Å²) in [5, 5.41) is 1.28. The molecule has 0 unspecified atom stereocenters. The Morgan fingerprint density at radius 2 is 1.17 bits per heavy atom. The molecule has 0 fully saturated rings. The van der Waals surface area contributed by atoms with Crippen molar-refractivity contribution >= 4 is 10.8 Å². The largest absolute Gasteiger partial charge is 0.497 e. The van der Waals surface area contributed by atoms with Crippen LogP contribution in [0.15, 0.2) is 36.4 Å². The molecule has 0 aliphatic carbocycles. The number of rotatable bonds is 2. The van der Waals surface area contributed by atoms with E-state index in [1.54, 1.807) is 18.2 Å². The molecule has 0 heterocycles. The van der Waals surface area contributed by atoms with Crippen molar-refractivity contribution in [1.29, 1.82) is 0 Å². The van der Waals surface area contributed by atoms with Crippen molar-refractivity contribution in [3.05, 3.63) is 65.5 Å². The number of benzene rings is 3. The molecule has 23 heavy (non-hydrogen) atoms. The van der Waals surface area contributed by atoms with Crippen molar-refractivity contribution in [2.45, 2.75) is 0 Å². The van der Waals surface area contributed by atoms with Crippen LogP contribution >= 0.6 is 0 Å². The Morgan fingerprint density at radius 3 is 1.78 bits per heavy atom. The molecule has 0 aliphatic rings. The molecule has 118 valence electrons. The van der Waals surface area contributed by atoms with Crippen LogP contribution in [0.2, 0.25) is 0 Å². The van der Waals surface area contributed by atoms with Gasteiger partial charge >= 0.3 is 0 Å². The lowest BCUT2D eigenvalue weighted by Crippen LogP contribution is -2.04. The molecular formula is C17H9F5O. The highest BCUT2D eigenvalue weighted by Crippen LogP contribution is 2.33. The van der Waals surface area contributed by atoms with Gasteiger partial charge in [0.1, 0.15) is 5.75 Å². The second-order valence-electron chi connectivity index (χ2n) is 4.87. The first-order valence-corrected chi connectivity index (χ1v) is 6.53. The normalized spacial score (nSPS) is 11.0. The van der Waals surface area contributed by atoms with E-state index in [1.807, 2.05) is 0 Å². The first-order chi connectivity index (χ1) is 10.9. The lowest BCUT2D eigenvalue weighted by molar-refractivity contribution is 0.381. The average Bonchev–Trinajstić information content (AvgIpc) is 2.58. The minimum atomic E-state index is -2.17. The molecular weight excluding hydrogens is 315 g/mol. The lowest BCUT2D eigenvalue weighted by atomic mass is 9.99. The van der Waals surface area contributed by atoms with Gasteiger partial charge in [0.2, 0.25) is 5.82 Å². The standard InChI is InChI=1S/C17H9F5O/c1-23-11-5-4-8-6-10(3-2-9(8)7-11)12-13(18)15(20)17(22)16(21)14(12)19/h2-7H,1H3. The Kier molecular flexibility index (Phi) is 3.67. The van der Waals surface area contributed by atoms with Crippen LogP contribution in [0.3, 0.4) is 0 Å². The summed E-state index contributed by atoms with van der Waals surface area (Å²) in [6.07, 6.45) is 0. The molecule has 6 heteroatoms. The molecule has 0 spiro atoms. The summed E-state index contributed by atoms with van der Waals surface area (Å²) in [6.45, 7) is 0. The predicted molar refractivity (Wildman–Crippen MR) is 75.7 cm³/mol. The van der Waals surface area contributed by atoms with E-state index >= 15 is 0 Å². The zero-order valence-electron chi connectivity index (χ0n) is 11.8. The van der Waals surface area contributed by atoms with Crippen molar-refractivity contribution in [2.24, 2.45) is 0 Å². The fraction of sp³-hybridized carbons (Fsp3) is 0.0588. The summed E-state index contributed by atoms with van der Waals surface area (Å²) in [6, 6.07) is 9.12. The van der Waals surface area contributed by atoms with Gasteiger partial charge in [-0.2, -0.15) is 0 Å². The fourth-order valence-electron chi connectivity index (χ4n) is 2.36. The number of methoxy groups -OCH3 is 1. The monoisotopic (exact) mass is 324 g/mol. The van der Waals surface area contributed by atoms with Gasteiger partial charge in [-0.1, -0.05) is 18.2 Å². The molecule has 1 nitrogen and oxygen atoms in total. The highest BCUT2D eigenvalue weighted by Gasteiger charge is 2.26. The molecule has 0 saturated carbocycles. The van der Waals surface area contributed by atoms with E-state index in [9.17, 15) is 22.0 Å². The topological polar surface area (TPSA) is 9.23 Å². The third-order valence-electron chi connectivity index (χ3n) is 3.55. The quantitative estimate of drug-likeness (QED) is 0.357. The van der Waals surface area contributed by atoms with Crippen LogP contribution in [-0.2, 0) is 0 Å². The first kappa shape index (κ1) is 15.3. The molecule has 3 aromatic carbocycles. The molecule has 0 N–H and O–H groups in total. The number of fused-ring (bicyclic) bond motifs is 1. The summed E-state index contributed by atoms with van der Waals surface area (Å²) in [7, 11) is 1.49. The Balaban J connectivity index is 2.25. The van der Waals surface area contributed by atoms with Gasteiger partial charge in [-0.15, -0.1) is 0 Å². The third kappa shape index (κ3) is 2.40. The molecule has 0 aliphatic heterocycles. The third-order valence-corrected chi connectivity index (χ3v) is 3.55. The van der Waals surface area contributed by atoms with Crippen LogP contribution in [0.25, 0.3) is 21.9 Å². The van der Waals surface area contributed by atoms with Crippen molar-refractivity contribution in [2.75, 3.05) is 7.11 Å². The molecule has 3 aromatic rings. The maximum Gasteiger partial charge on any atom is 0.200 e. The van der Waals surface area contributed by atoms with E-state index in [2.05, 4.69) is 0 Å². The van der Waals surface area contributed by atoms with Crippen molar-refractivity contribution in [3.8, 4) is 16.9 Å². The Hall–Kier alpha value is -2.63. The minimum Gasteiger partial charge on any atom is -0.497 e. The highest BCUT2D eigenvalue weighted by atomic mass is 19.2. The van der Waals surface area contributed by atoms with Crippen LogP contribution in [-0.4, -0.2) is 7.11 Å². The summed E-state index contributed by atoms with van der Waals surface area (Å²) >= 11 is 0. The van der Waals surface area contributed by atoms with Crippen molar-refractivity contribution < 1.29 is 26.7 Å². The van der Waals surface area contributed by atoms with Gasteiger partial charge in [0.25, 0.3) is 0 Å². The number of ether oxygens (including phenoxy) is 1. The van der Waals surface area contributed by atoms with E-state index < -0.39 is 34.6 Å². The molecule has 0 aromatic heterocycles. The van der Waals surface area contributed by atoms with Gasteiger partial charge in [0.05, 0.1) is 12.7 Å². The van der Waals surface area contributed by atoms with E-state index in [4.69, 9.17) is 4.74 Å². The summed E-state index contributed by atoms with van der Waals surface area (Å²) < 4.78 is 72.5. The second kappa shape index (κ2) is 5.53. The van der Waals surface area contributed by atoms with Crippen molar-refractivity contribution in [3.63, 3.8) is 0 Å². The highest BCUT2D eigenvalue weighted by molar-refractivity contribution is 5.88. The van der Waals surface area contributed by atoms with Gasteiger partial charge in [0, 0.05) is 0 Å². The van der Waals surface area contributed by atoms with Gasteiger partial charge in [-0.25, -0.2) is 22.0 Å². The van der Waals surface area contributed by atoms with Crippen LogP contribution in [0.4, 0.5) is 22.0 Å². The zero-order chi connectivity index (χ0) is 16.7. The second-order valence-corrected chi connectivity index (χ2v) is 4.87. The number of hydrogen-bond acceptors (Lipinski definition) is 1. The van der Waals surface area contributed by atoms with Gasteiger partial charge in [0.15, 0.2) is 23.3 Å². The molecule has 0 atom stereocenters. The van der Waals surface area contributed by atoms with E-state index in [0.29, 0.717) is 16.5 Å². The first-order valence-electron chi connectivity index (χ1n) is 6.53. The van der Waals surface area contributed by atoms with Crippen LogP contribution in [0, 0.1) is 29.1 Å². The summed E-state index contributed by atoms with van der Waals surface area (Å²) in [4.78, 5) is 0. The SMILES string of the molecule is COc1ccc2cc(-c3c(F)c(F)c(F)c(F)c3F)ccc2c1. The summed E-state index contributed by atoms with van der Waals surface area (Å²) in [5.74, 6) is -9.22. The maximum atomic E-state index is 13.9. The van der Waals surface area contributed by atoms with E-state index in [1.165, 1.54) is 25.3 Å².